The van der Waals surface area contributed by atoms with Crippen molar-refractivity contribution in [2.75, 3.05) is 31.1 Å². The summed E-state index contributed by atoms with van der Waals surface area (Å²) in [6.45, 7) is 6.27. The summed E-state index contributed by atoms with van der Waals surface area (Å²) in [5.41, 5.74) is 4.93. The van der Waals surface area contributed by atoms with Crippen LogP contribution in [0.3, 0.4) is 0 Å². The lowest BCUT2D eigenvalue weighted by molar-refractivity contribution is 0.384. The highest BCUT2D eigenvalue weighted by Crippen LogP contribution is 2.30. The van der Waals surface area contributed by atoms with Gasteiger partial charge in [-0.3, -0.25) is 0 Å². The third-order valence-electron chi connectivity index (χ3n) is 5.56. The number of aryl methyl sites for hydroxylation is 2. The van der Waals surface area contributed by atoms with E-state index in [1.165, 1.54) is 21.0 Å². The summed E-state index contributed by atoms with van der Waals surface area (Å²) in [6.07, 6.45) is 0.811. The van der Waals surface area contributed by atoms with Gasteiger partial charge in [0.15, 0.2) is 5.13 Å². The van der Waals surface area contributed by atoms with Gasteiger partial charge in [0.25, 0.3) is 0 Å². The second kappa shape index (κ2) is 9.19. The second-order valence-corrected chi connectivity index (χ2v) is 11.7. The van der Waals surface area contributed by atoms with E-state index in [1.54, 1.807) is 29.5 Å². The van der Waals surface area contributed by atoms with Gasteiger partial charge < -0.3 is 4.90 Å². The number of halogens is 2. The fourth-order valence-electron chi connectivity index (χ4n) is 3.77. The van der Waals surface area contributed by atoms with Crippen molar-refractivity contribution in [2.45, 2.75) is 25.2 Å². The Morgan fingerprint density at radius 2 is 1.77 bits per heavy atom. The number of benzene rings is 2. The van der Waals surface area contributed by atoms with Gasteiger partial charge in [-0.2, -0.15) is 4.31 Å². The van der Waals surface area contributed by atoms with Gasteiger partial charge in [0, 0.05) is 42.5 Å². The predicted octanol–water partition coefficient (Wildman–Crippen LogP) is 5.28. The molecule has 2 aromatic carbocycles. The molecule has 0 N–H and O–H groups in total. The monoisotopic (exact) mass is 539 g/mol. The number of aromatic nitrogens is 1. The van der Waals surface area contributed by atoms with Gasteiger partial charge in [-0.05, 0) is 48.7 Å². The summed E-state index contributed by atoms with van der Waals surface area (Å²) in [4.78, 5) is 7.14. The van der Waals surface area contributed by atoms with Crippen LogP contribution in [0, 0.1) is 13.8 Å². The molecule has 164 valence electrons. The molecule has 0 atom stereocenters. The van der Waals surface area contributed by atoms with Crippen LogP contribution in [0.25, 0.3) is 0 Å². The number of hydrogen-bond acceptors (Lipinski definition) is 5. The maximum atomic E-state index is 13.0. The van der Waals surface area contributed by atoms with E-state index in [0.717, 1.165) is 21.7 Å². The minimum absolute atomic E-state index is 0.149. The Kier molecular flexibility index (Phi) is 6.74. The van der Waals surface area contributed by atoms with Crippen LogP contribution in [0.1, 0.15) is 22.4 Å². The summed E-state index contributed by atoms with van der Waals surface area (Å²) in [6, 6.07) is 11.2. The van der Waals surface area contributed by atoms with Gasteiger partial charge in [-0.25, -0.2) is 13.4 Å². The Morgan fingerprint density at radius 3 is 2.42 bits per heavy atom. The fourth-order valence-corrected chi connectivity index (χ4v) is 7.09. The molecule has 1 fully saturated rings. The van der Waals surface area contributed by atoms with Crippen molar-refractivity contribution < 1.29 is 8.42 Å². The zero-order valence-electron chi connectivity index (χ0n) is 17.3. The molecule has 5 nitrogen and oxygen atoms in total. The molecular formula is C22H23BrClN3O2S2. The van der Waals surface area contributed by atoms with Gasteiger partial charge in [-0.15, -0.1) is 11.3 Å². The second-order valence-electron chi connectivity index (χ2n) is 7.63. The first-order valence-corrected chi connectivity index (χ1v) is 13.4. The molecular weight excluding hydrogens is 518 g/mol. The van der Waals surface area contributed by atoms with Crippen molar-refractivity contribution in [1.82, 2.24) is 9.29 Å². The molecule has 0 saturated carbocycles. The van der Waals surface area contributed by atoms with Gasteiger partial charge in [0.1, 0.15) is 4.90 Å². The van der Waals surface area contributed by atoms with Crippen LogP contribution >= 0.6 is 38.9 Å². The van der Waals surface area contributed by atoms with Crippen molar-refractivity contribution in [3.05, 3.63) is 73.7 Å². The summed E-state index contributed by atoms with van der Waals surface area (Å²) in [5.74, 6) is 0. The topological polar surface area (TPSA) is 53.5 Å². The lowest BCUT2D eigenvalue weighted by Crippen LogP contribution is -2.48. The quantitative estimate of drug-likeness (QED) is 0.442. The van der Waals surface area contributed by atoms with Crippen molar-refractivity contribution in [3.8, 4) is 0 Å². The minimum atomic E-state index is -3.62. The highest BCUT2D eigenvalue weighted by Gasteiger charge is 2.31. The molecule has 0 unspecified atom stereocenters. The lowest BCUT2D eigenvalue weighted by atomic mass is 9.99. The highest BCUT2D eigenvalue weighted by molar-refractivity contribution is 9.10. The van der Waals surface area contributed by atoms with Crippen molar-refractivity contribution in [2.24, 2.45) is 0 Å². The molecule has 2 heterocycles. The largest absolute Gasteiger partial charge is 0.345 e. The number of rotatable bonds is 5. The average Bonchev–Trinajstić information content (AvgIpc) is 3.19. The molecule has 3 aromatic rings. The van der Waals surface area contributed by atoms with E-state index in [2.05, 4.69) is 58.3 Å². The van der Waals surface area contributed by atoms with Gasteiger partial charge in [-0.1, -0.05) is 45.7 Å². The molecule has 0 amide bonds. The van der Waals surface area contributed by atoms with Gasteiger partial charge >= 0.3 is 0 Å². The number of thiazole rings is 1. The molecule has 0 radical (unpaired) electrons. The van der Waals surface area contributed by atoms with E-state index < -0.39 is 10.0 Å². The molecule has 1 aliphatic heterocycles. The van der Waals surface area contributed by atoms with E-state index in [0.29, 0.717) is 26.2 Å². The molecule has 0 bridgehead atoms. The van der Waals surface area contributed by atoms with Crippen LogP contribution < -0.4 is 4.90 Å². The summed E-state index contributed by atoms with van der Waals surface area (Å²) < 4.78 is 28.3. The number of sulfonamides is 1. The summed E-state index contributed by atoms with van der Waals surface area (Å²) in [5, 5.41) is 3.28. The Morgan fingerprint density at radius 1 is 1.10 bits per heavy atom. The molecule has 31 heavy (non-hydrogen) atoms. The Bertz CT molecular complexity index is 1180. The number of piperazine rings is 1. The summed E-state index contributed by atoms with van der Waals surface area (Å²) in [7, 11) is -3.62. The van der Waals surface area contributed by atoms with E-state index in [4.69, 9.17) is 16.6 Å². The molecule has 1 aromatic heterocycles. The van der Waals surface area contributed by atoms with Crippen LogP contribution in [-0.4, -0.2) is 43.9 Å². The van der Waals surface area contributed by atoms with Crippen LogP contribution in [-0.2, 0) is 16.4 Å². The van der Waals surface area contributed by atoms with Crippen molar-refractivity contribution >= 4 is 54.0 Å². The zero-order valence-corrected chi connectivity index (χ0v) is 21.3. The SMILES string of the molecule is Cc1cccc(C)c1Cc1csc(N2CCN(S(=O)(=O)c3ccc(Br)cc3Cl)CC2)n1. The first-order valence-electron chi connectivity index (χ1n) is 9.95. The number of anilines is 1. The fraction of sp³-hybridized carbons (Fsp3) is 0.318. The van der Waals surface area contributed by atoms with E-state index in [-0.39, 0.29) is 9.92 Å². The van der Waals surface area contributed by atoms with E-state index >= 15 is 0 Å². The average molecular weight is 541 g/mol. The molecule has 9 heteroatoms. The van der Waals surface area contributed by atoms with E-state index in [1.807, 2.05) is 0 Å². The molecule has 4 rings (SSSR count). The van der Waals surface area contributed by atoms with Crippen molar-refractivity contribution in [3.63, 3.8) is 0 Å². The smallest absolute Gasteiger partial charge is 0.244 e. The highest BCUT2D eigenvalue weighted by atomic mass is 79.9. The lowest BCUT2D eigenvalue weighted by Gasteiger charge is -2.34. The van der Waals surface area contributed by atoms with Crippen LogP contribution in [0.4, 0.5) is 5.13 Å². The Hall–Kier alpha value is -1.45. The Balaban J connectivity index is 1.44. The zero-order chi connectivity index (χ0) is 22.2. The maximum absolute atomic E-state index is 13.0. The Labute approximate surface area is 200 Å². The minimum Gasteiger partial charge on any atom is -0.345 e. The van der Waals surface area contributed by atoms with E-state index in [9.17, 15) is 8.42 Å². The molecule has 0 aliphatic carbocycles. The number of nitrogens with zero attached hydrogens (tertiary/aromatic N) is 3. The number of hydrogen-bond donors (Lipinski definition) is 0. The molecule has 0 spiro atoms. The van der Waals surface area contributed by atoms with Crippen LogP contribution in [0.15, 0.2) is 51.1 Å². The third kappa shape index (κ3) is 4.83. The normalized spacial score (nSPS) is 15.4. The van der Waals surface area contributed by atoms with Crippen molar-refractivity contribution in [1.29, 1.82) is 0 Å². The van der Waals surface area contributed by atoms with Crippen LogP contribution in [0.5, 0.6) is 0 Å². The van der Waals surface area contributed by atoms with Crippen LogP contribution in [0.2, 0.25) is 5.02 Å². The molecule has 1 saturated heterocycles. The standard InChI is InChI=1S/C22H23BrClN3O2S2/c1-15-4-3-5-16(2)19(15)13-18-14-30-22(25-18)26-8-10-27(11-9-26)31(28,29)21-7-6-17(23)12-20(21)24/h3-7,12,14H,8-11,13H2,1-2H3. The third-order valence-corrected chi connectivity index (χ3v) is 9.39. The summed E-state index contributed by atoms with van der Waals surface area (Å²) >= 11 is 11.1. The van der Waals surface area contributed by atoms with Gasteiger partial charge in [0.05, 0.1) is 10.7 Å². The van der Waals surface area contributed by atoms with Gasteiger partial charge in [0.2, 0.25) is 10.0 Å². The predicted molar refractivity (Wildman–Crippen MR) is 131 cm³/mol. The molecule has 1 aliphatic rings. The maximum Gasteiger partial charge on any atom is 0.244 e. The first-order chi connectivity index (χ1) is 14.8. The first kappa shape index (κ1) is 22.7.